The number of nitrogens with two attached hydrogens (primary N) is 1. The minimum absolute atomic E-state index is 0.899. The van der Waals surface area contributed by atoms with E-state index in [2.05, 4.69) is 21.9 Å². The van der Waals surface area contributed by atoms with Crippen LogP contribution in [0.15, 0.2) is 24.3 Å². The van der Waals surface area contributed by atoms with Gasteiger partial charge in [0.2, 0.25) is 0 Å². The standard InChI is InChI=1S/C18H29N3/c19-18-10-4-1-6-16(18)7-5-11-20-12-14-21(15-13-20)17-8-2-3-9-17/h1,4,6,10,17H,2-3,5,7-9,11-15,19H2. The van der Waals surface area contributed by atoms with E-state index in [4.69, 9.17) is 5.73 Å². The molecule has 0 spiro atoms. The van der Waals surface area contributed by atoms with Crippen LogP contribution < -0.4 is 5.73 Å². The molecule has 3 heteroatoms. The number of rotatable bonds is 5. The predicted molar refractivity (Wildman–Crippen MR) is 89.4 cm³/mol. The maximum atomic E-state index is 6.01. The molecule has 21 heavy (non-hydrogen) atoms. The molecule has 0 atom stereocenters. The minimum Gasteiger partial charge on any atom is -0.399 e. The van der Waals surface area contributed by atoms with Crippen LogP contribution in [-0.2, 0) is 6.42 Å². The summed E-state index contributed by atoms with van der Waals surface area (Å²) >= 11 is 0. The molecule has 0 amide bonds. The number of nitrogens with zero attached hydrogens (tertiary/aromatic N) is 2. The molecular formula is C18H29N3. The summed E-state index contributed by atoms with van der Waals surface area (Å²) in [7, 11) is 0. The Bertz CT molecular complexity index is 432. The number of anilines is 1. The Morgan fingerprint density at radius 1 is 1.00 bits per heavy atom. The predicted octanol–water partition coefficient (Wildman–Crippen LogP) is 2.76. The average molecular weight is 287 g/mol. The Balaban J connectivity index is 1.37. The van der Waals surface area contributed by atoms with Crippen molar-refractivity contribution in [3.8, 4) is 0 Å². The van der Waals surface area contributed by atoms with Crippen molar-refractivity contribution in [3.05, 3.63) is 29.8 Å². The molecule has 1 heterocycles. The molecule has 1 aliphatic carbocycles. The molecule has 0 aromatic heterocycles. The molecule has 0 bridgehead atoms. The van der Waals surface area contributed by atoms with Crippen LogP contribution in [-0.4, -0.2) is 48.6 Å². The molecule has 1 aromatic rings. The van der Waals surface area contributed by atoms with Gasteiger partial charge in [0, 0.05) is 37.9 Å². The van der Waals surface area contributed by atoms with Gasteiger partial charge >= 0.3 is 0 Å². The van der Waals surface area contributed by atoms with Crippen LogP contribution in [0.3, 0.4) is 0 Å². The Morgan fingerprint density at radius 2 is 1.71 bits per heavy atom. The summed E-state index contributed by atoms with van der Waals surface area (Å²) in [6.07, 6.45) is 8.10. The first-order chi connectivity index (χ1) is 10.3. The SMILES string of the molecule is Nc1ccccc1CCCN1CCN(C2CCCC2)CC1. The van der Waals surface area contributed by atoms with E-state index in [0.717, 1.165) is 18.2 Å². The van der Waals surface area contributed by atoms with Crippen molar-refractivity contribution >= 4 is 5.69 Å². The lowest BCUT2D eigenvalue weighted by molar-refractivity contribution is 0.0973. The number of aryl methyl sites for hydroxylation is 1. The van der Waals surface area contributed by atoms with Crippen LogP contribution >= 0.6 is 0 Å². The van der Waals surface area contributed by atoms with Gasteiger partial charge in [-0.2, -0.15) is 0 Å². The highest BCUT2D eigenvalue weighted by Crippen LogP contribution is 2.24. The van der Waals surface area contributed by atoms with Crippen molar-refractivity contribution in [1.29, 1.82) is 0 Å². The summed E-state index contributed by atoms with van der Waals surface area (Å²) in [4.78, 5) is 5.36. The lowest BCUT2D eigenvalue weighted by Crippen LogP contribution is -2.49. The van der Waals surface area contributed by atoms with E-state index in [-0.39, 0.29) is 0 Å². The van der Waals surface area contributed by atoms with Gasteiger partial charge in [0.15, 0.2) is 0 Å². The van der Waals surface area contributed by atoms with E-state index in [0.29, 0.717) is 0 Å². The molecule has 2 aliphatic rings. The van der Waals surface area contributed by atoms with E-state index in [1.54, 1.807) is 0 Å². The normalized spacial score (nSPS) is 21.9. The van der Waals surface area contributed by atoms with Gasteiger partial charge in [0.25, 0.3) is 0 Å². The van der Waals surface area contributed by atoms with E-state index < -0.39 is 0 Å². The molecule has 116 valence electrons. The van der Waals surface area contributed by atoms with Crippen LogP contribution in [0.25, 0.3) is 0 Å². The van der Waals surface area contributed by atoms with Crippen molar-refractivity contribution in [2.24, 2.45) is 0 Å². The third-order valence-electron chi connectivity index (χ3n) is 5.22. The van der Waals surface area contributed by atoms with Gasteiger partial charge < -0.3 is 10.6 Å². The highest BCUT2D eigenvalue weighted by Gasteiger charge is 2.25. The van der Waals surface area contributed by atoms with Crippen molar-refractivity contribution in [3.63, 3.8) is 0 Å². The molecule has 0 unspecified atom stereocenters. The van der Waals surface area contributed by atoms with Gasteiger partial charge in [-0.25, -0.2) is 0 Å². The van der Waals surface area contributed by atoms with Gasteiger partial charge in [-0.05, 0) is 43.9 Å². The fourth-order valence-corrected chi connectivity index (χ4v) is 3.88. The zero-order valence-electron chi connectivity index (χ0n) is 13.1. The largest absolute Gasteiger partial charge is 0.399 e. The lowest BCUT2D eigenvalue weighted by atomic mass is 10.1. The summed E-state index contributed by atoms with van der Waals surface area (Å²) in [6, 6.07) is 9.17. The quantitative estimate of drug-likeness (QED) is 0.845. The average Bonchev–Trinajstić information content (AvgIpc) is 3.04. The number of para-hydroxylation sites is 1. The molecule has 1 saturated carbocycles. The fourth-order valence-electron chi connectivity index (χ4n) is 3.88. The third kappa shape index (κ3) is 3.98. The van der Waals surface area contributed by atoms with Crippen LogP contribution in [0, 0.1) is 0 Å². The smallest absolute Gasteiger partial charge is 0.0346 e. The second-order valence-electron chi connectivity index (χ2n) is 6.62. The highest BCUT2D eigenvalue weighted by molar-refractivity contribution is 5.46. The van der Waals surface area contributed by atoms with Crippen molar-refractivity contribution < 1.29 is 0 Å². The second kappa shape index (κ2) is 7.28. The van der Waals surface area contributed by atoms with Crippen LogP contribution in [0.2, 0.25) is 0 Å². The molecule has 2 N–H and O–H groups in total. The Morgan fingerprint density at radius 3 is 2.43 bits per heavy atom. The van der Waals surface area contributed by atoms with Gasteiger partial charge in [-0.3, -0.25) is 4.90 Å². The summed E-state index contributed by atoms with van der Waals surface area (Å²) in [5.74, 6) is 0. The maximum Gasteiger partial charge on any atom is 0.0346 e. The summed E-state index contributed by atoms with van der Waals surface area (Å²) in [5.41, 5.74) is 8.26. The molecular weight excluding hydrogens is 258 g/mol. The van der Waals surface area contributed by atoms with Crippen molar-refractivity contribution in [2.45, 2.75) is 44.6 Å². The first-order valence-corrected chi connectivity index (χ1v) is 8.63. The number of hydrogen-bond donors (Lipinski definition) is 1. The van der Waals surface area contributed by atoms with Gasteiger partial charge in [-0.15, -0.1) is 0 Å². The third-order valence-corrected chi connectivity index (χ3v) is 5.22. The van der Waals surface area contributed by atoms with Gasteiger partial charge in [0.1, 0.15) is 0 Å². The molecule has 1 saturated heterocycles. The Labute approximate surface area is 129 Å². The monoisotopic (exact) mass is 287 g/mol. The highest BCUT2D eigenvalue weighted by atomic mass is 15.3. The first-order valence-electron chi connectivity index (χ1n) is 8.63. The molecule has 1 aromatic carbocycles. The van der Waals surface area contributed by atoms with Gasteiger partial charge in [-0.1, -0.05) is 31.0 Å². The van der Waals surface area contributed by atoms with Gasteiger partial charge in [0.05, 0.1) is 0 Å². The van der Waals surface area contributed by atoms with Crippen molar-refractivity contribution in [1.82, 2.24) is 9.80 Å². The topological polar surface area (TPSA) is 32.5 Å². The molecule has 3 rings (SSSR count). The van der Waals surface area contributed by atoms with Crippen LogP contribution in [0.4, 0.5) is 5.69 Å². The number of hydrogen-bond acceptors (Lipinski definition) is 3. The van der Waals surface area contributed by atoms with Crippen LogP contribution in [0.1, 0.15) is 37.7 Å². The van der Waals surface area contributed by atoms with E-state index in [1.165, 1.54) is 70.4 Å². The Kier molecular flexibility index (Phi) is 5.15. The zero-order valence-corrected chi connectivity index (χ0v) is 13.1. The molecule has 1 aliphatic heterocycles. The minimum atomic E-state index is 0.899. The van der Waals surface area contributed by atoms with Crippen molar-refractivity contribution in [2.75, 3.05) is 38.5 Å². The molecule has 3 nitrogen and oxygen atoms in total. The number of piperazine rings is 1. The molecule has 2 fully saturated rings. The lowest BCUT2D eigenvalue weighted by Gasteiger charge is -2.38. The van der Waals surface area contributed by atoms with E-state index in [1.807, 2.05) is 12.1 Å². The number of benzene rings is 1. The van der Waals surface area contributed by atoms with E-state index >= 15 is 0 Å². The first kappa shape index (κ1) is 14.9. The summed E-state index contributed by atoms with van der Waals surface area (Å²) < 4.78 is 0. The Hall–Kier alpha value is -1.06. The zero-order chi connectivity index (χ0) is 14.5. The molecule has 0 radical (unpaired) electrons. The summed E-state index contributed by atoms with van der Waals surface area (Å²) in [6.45, 7) is 6.27. The second-order valence-corrected chi connectivity index (χ2v) is 6.62. The van der Waals surface area contributed by atoms with Crippen LogP contribution in [0.5, 0.6) is 0 Å². The maximum absolute atomic E-state index is 6.01. The summed E-state index contributed by atoms with van der Waals surface area (Å²) in [5, 5.41) is 0. The fraction of sp³-hybridized carbons (Fsp3) is 0.667. The van der Waals surface area contributed by atoms with E-state index in [9.17, 15) is 0 Å². The number of nitrogen functional groups attached to an aromatic ring is 1.